The van der Waals surface area contributed by atoms with E-state index in [1.807, 2.05) is 63.5 Å². The van der Waals surface area contributed by atoms with E-state index in [0.29, 0.717) is 23.8 Å². The third kappa shape index (κ3) is 14.5. The number of nitrogens with one attached hydrogen (secondary N) is 3. The fourth-order valence-corrected chi connectivity index (χ4v) is 9.55. The normalized spacial score (nSPS) is 25.3. The summed E-state index contributed by atoms with van der Waals surface area (Å²) < 4.78 is 11.4. The zero-order chi connectivity index (χ0) is 47.2. The molecule has 0 saturated heterocycles. The number of amides is 2. The van der Waals surface area contributed by atoms with Gasteiger partial charge in [-0.3, -0.25) is 0 Å². The largest absolute Gasteiger partial charge is 0.444 e. The fourth-order valence-electron chi connectivity index (χ4n) is 9.55. The molecule has 6 fully saturated rings. The van der Waals surface area contributed by atoms with Crippen molar-refractivity contribution in [2.75, 3.05) is 52.4 Å². The highest BCUT2D eigenvalue weighted by atomic mass is 16.6. The summed E-state index contributed by atoms with van der Waals surface area (Å²) >= 11 is 0. The van der Waals surface area contributed by atoms with Crippen molar-refractivity contribution in [1.82, 2.24) is 25.8 Å². The minimum Gasteiger partial charge on any atom is -0.444 e. The first-order valence-corrected chi connectivity index (χ1v) is 25.5. The Morgan fingerprint density at radius 1 is 0.561 bits per heavy atom. The molecule has 3 unspecified atom stereocenters. The van der Waals surface area contributed by atoms with Crippen molar-refractivity contribution in [1.29, 1.82) is 0 Å². The molecule has 362 valence electrons. The van der Waals surface area contributed by atoms with Crippen LogP contribution in [0.5, 0.6) is 0 Å². The lowest BCUT2D eigenvalue weighted by molar-refractivity contribution is 0.0179. The van der Waals surface area contributed by atoms with Crippen molar-refractivity contribution < 1.29 is 19.1 Å². The number of carbonyl (C=O) groups is 2. The summed E-state index contributed by atoms with van der Waals surface area (Å²) in [4.78, 5) is 29.5. The van der Waals surface area contributed by atoms with Crippen molar-refractivity contribution in [3.8, 4) is 0 Å². The second-order valence-electron chi connectivity index (χ2n) is 22.9. The van der Waals surface area contributed by atoms with Gasteiger partial charge >= 0.3 is 12.2 Å². The van der Waals surface area contributed by atoms with Crippen LogP contribution in [-0.4, -0.2) is 104 Å². The van der Waals surface area contributed by atoms with Gasteiger partial charge in [-0.05, 0) is 141 Å². The summed E-state index contributed by atoms with van der Waals surface area (Å²) in [5.74, 6) is 1.64. The van der Waals surface area contributed by atoms with Crippen molar-refractivity contribution in [2.24, 2.45) is 22.0 Å². The second kappa shape index (κ2) is 21.1. The van der Waals surface area contributed by atoms with Crippen LogP contribution >= 0.6 is 0 Å². The molecule has 0 spiro atoms. The van der Waals surface area contributed by atoms with Gasteiger partial charge < -0.3 is 41.0 Å². The Labute approximate surface area is 397 Å². The zero-order valence-corrected chi connectivity index (χ0v) is 41.7. The number of benzene rings is 3. The highest BCUT2D eigenvalue weighted by Crippen LogP contribution is 2.52. The Balaban J connectivity index is 0.000000149. The molecule has 10 nitrogen and oxygen atoms in total. The van der Waals surface area contributed by atoms with Gasteiger partial charge in [0.05, 0.1) is 0 Å². The molecular formula is C56H84N6O4. The van der Waals surface area contributed by atoms with E-state index >= 15 is 0 Å². The lowest BCUT2D eigenvalue weighted by Crippen LogP contribution is -2.44. The van der Waals surface area contributed by atoms with Gasteiger partial charge in [0, 0.05) is 79.4 Å². The molecule has 3 aromatic rings. The van der Waals surface area contributed by atoms with Gasteiger partial charge in [0.2, 0.25) is 0 Å². The maximum Gasteiger partial charge on any atom is 0.410 e. The van der Waals surface area contributed by atoms with Gasteiger partial charge in [0.15, 0.2) is 0 Å². The molecule has 0 bridgehead atoms. The maximum absolute atomic E-state index is 12.9. The van der Waals surface area contributed by atoms with E-state index in [-0.39, 0.29) is 35.1 Å². The number of hydrogen-bond acceptors (Lipinski definition) is 8. The van der Waals surface area contributed by atoms with E-state index in [0.717, 1.165) is 70.4 Å². The molecule has 3 aromatic carbocycles. The van der Waals surface area contributed by atoms with Crippen molar-refractivity contribution in [3.63, 3.8) is 0 Å². The lowest BCUT2D eigenvalue weighted by atomic mass is 10.1. The van der Waals surface area contributed by atoms with E-state index in [4.69, 9.17) is 15.2 Å². The highest BCUT2D eigenvalue weighted by Gasteiger charge is 2.53. The summed E-state index contributed by atoms with van der Waals surface area (Å²) in [6.07, 6.45) is 10.5. The first-order chi connectivity index (χ1) is 31.5. The molecule has 0 aromatic heterocycles. The minimum absolute atomic E-state index is 0.126. The van der Waals surface area contributed by atoms with E-state index in [1.165, 1.54) is 61.9 Å². The Morgan fingerprint density at radius 2 is 0.939 bits per heavy atom. The number of rotatable bonds is 19. The Hall–Kier alpha value is -3.96. The van der Waals surface area contributed by atoms with Crippen LogP contribution in [0, 0.1) is 16.2 Å². The third-order valence-corrected chi connectivity index (χ3v) is 14.6. The number of carbonyl (C=O) groups excluding carboxylic acids is 2. The zero-order valence-electron chi connectivity index (χ0n) is 41.7. The number of ether oxygens (including phenoxy) is 2. The average molecular weight is 905 g/mol. The van der Waals surface area contributed by atoms with Crippen molar-refractivity contribution in [2.45, 2.75) is 160 Å². The molecule has 6 aliphatic carbocycles. The van der Waals surface area contributed by atoms with E-state index in [9.17, 15) is 9.59 Å². The molecule has 0 radical (unpaired) electrons. The number of nitrogens with zero attached hydrogens (tertiary/aromatic N) is 2. The molecule has 2 amide bonds. The predicted octanol–water partition coefficient (Wildman–Crippen LogP) is 10.2. The summed E-state index contributed by atoms with van der Waals surface area (Å²) in [6.45, 7) is 23.5. The summed E-state index contributed by atoms with van der Waals surface area (Å²) in [7, 11) is 0. The smallest absolute Gasteiger partial charge is 0.410 e. The van der Waals surface area contributed by atoms with Gasteiger partial charge in [-0.25, -0.2) is 9.59 Å². The van der Waals surface area contributed by atoms with Crippen LogP contribution in [0.2, 0.25) is 0 Å². The summed E-state index contributed by atoms with van der Waals surface area (Å²) in [5, 5.41) is 10.7. The third-order valence-electron chi connectivity index (χ3n) is 14.6. The first-order valence-electron chi connectivity index (χ1n) is 25.5. The van der Waals surface area contributed by atoms with Gasteiger partial charge in [0.25, 0.3) is 0 Å². The van der Waals surface area contributed by atoms with E-state index in [1.54, 1.807) is 0 Å². The van der Waals surface area contributed by atoms with Crippen LogP contribution in [0.1, 0.15) is 148 Å². The number of hydrogen-bond donors (Lipinski definition) is 4. The van der Waals surface area contributed by atoms with Crippen molar-refractivity contribution in [3.05, 3.63) is 108 Å². The molecule has 6 aliphatic rings. The van der Waals surface area contributed by atoms with Crippen LogP contribution in [0.4, 0.5) is 9.59 Å². The highest BCUT2D eigenvalue weighted by molar-refractivity contribution is 5.70. The standard InChI is InChI=1S/C21H32N2O2.C19H28N2O2.C16H24N2/c1-5-22-14-21(11-12-21)15-23(19(24)25-20(2,3)4)18-13-17(18)16-9-7-6-8-10-16;1-18(2,3)23-17(22)21(13-19(12-20)9-10-19)16-11-15(16)14-7-5-4-6-8-14;1-2-17-11-16(8-9-16)12-18-15-10-14(15)13-6-4-3-5-7-13/h6-10,17-18,22H,5,11-15H2,1-4H3;4-8,15-16H,9-13,20H2,1-3H3;3-7,14-15,17-18H,2,8-12H2,1H3/t17?,18-;15?,16-;14?,15-/m000/s1. The maximum atomic E-state index is 12.9. The average Bonchev–Trinajstić information content (AvgIpc) is 4.08. The van der Waals surface area contributed by atoms with Crippen molar-refractivity contribution >= 4 is 12.2 Å². The molecule has 5 N–H and O–H groups in total. The predicted molar refractivity (Wildman–Crippen MR) is 268 cm³/mol. The Bertz CT molecular complexity index is 1990. The quantitative estimate of drug-likeness (QED) is 0.0939. The molecule has 0 aliphatic heterocycles. The lowest BCUT2D eigenvalue weighted by Gasteiger charge is -2.31. The van der Waals surface area contributed by atoms with Crippen LogP contribution < -0.4 is 21.7 Å². The van der Waals surface area contributed by atoms with Gasteiger partial charge in [-0.1, -0.05) is 105 Å². The number of nitrogens with two attached hydrogens (primary N) is 1. The van der Waals surface area contributed by atoms with Crippen LogP contribution in [0.25, 0.3) is 0 Å². The molecule has 0 heterocycles. The summed E-state index contributed by atoms with van der Waals surface area (Å²) in [5.41, 5.74) is 10.1. The first kappa shape index (κ1) is 49.9. The molecule has 9 rings (SSSR count). The molecule has 6 saturated carbocycles. The SMILES string of the molecule is CC(C)(C)OC(=O)N(CC1(CN)CC1)[C@H]1CC1c1ccccc1.CCNCC1(CN(C(=O)OC(C)(C)C)[C@H]2CC2c2ccccc2)CC1.CCNCC1(CN[C@H]2CC2c2ccccc2)CC1. The van der Waals surface area contributed by atoms with Gasteiger partial charge in [-0.2, -0.15) is 0 Å². The molecule has 10 heteroatoms. The fraction of sp³-hybridized carbons (Fsp3) is 0.643. The van der Waals surface area contributed by atoms with Crippen LogP contribution in [-0.2, 0) is 9.47 Å². The van der Waals surface area contributed by atoms with E-state index in [2.05, 4.69) is 109 Å². The molecule has 6 atom stereocenters. The monoisotopic (exact) mass is 905 g/mol. The Morgan fingerprint density at radius 3 is 1.30 bits per heavy atom. The van der Waals surface area contributed by atoms with E-state index < -0.39 is 11.2 Å². The minimum atomic E-state index is -0.466. The van der Waals surface area contributed by atoms with Crippen LogP contribution in [0.3, 0.4) is 0 Å². The topological polar surface area (TPSA) is 121 Å². The Kier molecular flexibility index (Phi) is 16.0. The van der Waals surface area contributed by atoms with Crippen LogP contribution in [0.15, 0.2) is 91.0 Å². The van der Waals surface area contributed by atoms with Gasteiger partial charge in [-0.15, -0.1) is 0 Å². The summed E-state index contributed by atoms with van der Waals surface area (Å²) in [6, 6.07) is 33.2. The van der Waals surface area contributed by atoms with Gasteiger partial charge in [0.1, 0.15) is 11.2 Å². The molecule has 66 heavy (non-hydrogen) atoms. The second-order valence-corrected chi connectivity index (χ2v) is 22.9. The molecular weight excluding hydrogens is 821 g/mol.